The van der Waals surface area contributed by atoms with Gasteiger partial charge in [-0.05, 0) is 42.2 Å². The van der Waals surface area contributed by atoms with Crippen LogP contribution < -0.4 is 5.32 Å². The lowest BCUT2D eigenvalue weighted by atomic mass is 10.0. The standard InChI is InChI=1S/C19H16N4O2S/c24-9-14-13(4-5-15-18(14)26-10-20-15)12-3-6-17-21-16(8-23(17)7-12)22-19(25)11-1-2-11/h3-8,10-11,24H,1-2,9H2,(H,22,25). The number of rotatable bonds is 4. The lowest BCUT2D eigenvalue weighted by Gasteiger charge is -2.09. The predicted octanol–water partition coefficient (Wildman–Crippen LogP) is 3.45. The molecule has 0 bridgehead atoms. The fourth-order valence-electron chi connectivity index (χ4n) is 3.20. The van der Waals surface area contributed by atoms with E-state index >= 15 is 0 Å². The van der Waals surface area contributed by atoms with E-state index in [-0.39, 0.29) is 18.4 Å². The summed E-state index contributed by atoms with van der Waals surface area (Å²) in [7, 11) is 0. The van der Waals surface area contributed by atoms with Gasteiger partial charge in [0.25, 0.3) is 0 Å². The molecular weight excluding hydrogens is 348 g/mol. The van der Waals surface area contributed by atoms with Gasteiger partial charge in [0, 0.05) is 17.7 Å². The van der Waals surface area contributed by atoms with Crippen LogP contribution in [-0.2, 0) is 11.4 Å². The molecule has 4 aromatic rings. The largest absolute Gasteiger partial charge is 0.392 e. The average molecular weight is 364 g/mol. The molecule has 130 valence electrons. The summed E-state index contributed by atoms with van der Waals surface area (Å²) in [6, 6.07) is 7.86. The number of imidazole rings is 1. The lowest BCUT2D eigenvalue weighted by Crippen LogP contribution is -2.13. The van der Waals surface area contributed by atoms with Crippen molar-refractivity contribution in [3.63, 3.8) is 0 Å². The summed E-state index contributed by atoms with van der Waals surface area (Å²) in [6.07, 6.45) is 5.72. The van der Waals surface area contributed by atoms with E-state index in [4.69, 9.17) is 0 Å². The highest BCUT2D eigenvalue weighted by Crippen LogP contribution is 2.33. The molecular formula is C19H16N4O2S. The van der Waals surface area contributed by atoms with E-state index in [0.717, 1.165) is 45.4 Å². The molecule has 1 saturated carbocycles. The molecule has 3 aromatic heterocycles. The fraction of sp³-hybridized carbons (Fsp3) is 0.211. The first kappa shape index (κ1) is 15.5. The molecule has 1 fully saturated rings. The van der Waals surface area contributed by atoms with Gasteiger partial charge in [0.2, 0.25) is 5.91 Å². The molecule has 1 aromatic carbocycles. The van der Waals surface area contributed by atoms with Crippen molar-refractivity contribution in [1.82, 2.24) is 14.4 Å². The summed E-state index contributed by atoms with van der Waals surface area (Å²) in [5, 5.41) is 12.8. The number of carbonyl (C=O) groups is 1. The number of nitrogens with one attached hydrogen (secondary N) is 1. The summed E-state index contributed by atoms with van der Waals surface area (Å²) in [5.74, 6) is 0.764. The summed E-state index contributed by atoms with van der Waals surface area (Å²) in [6.45, 7) is -0.0421. The molecule has 0 saturated heterocycles. The summed E-state index contributed by atoms with van der Waals surface area (Å²) >= 11 is 1.53. The molecule has 5 rings (SSSR count). The van der Waals surface area contributed by atoms with E-state index in [1.54, 1.807) is 5.51 Å². The van der Waals surface area contributed by atoms with Crippen LogP contribution >= 0.6 is 11.3 Å². The van der Waals surface area contributed by atoms with Gasteiger partial charge < -0.3 is 14.8 Å². The van der Waals surface area contributed by atoms with Gasteiger partial charge in [-0.1, -0.05) is 6.07 Å². The van der Waals surface area contributed by atoms with E-state index < -0.39 is 0 Å². The highest BCUT2D eigenvalue weighted by Gasteiger charge is 2.30. The monoisotopic (exact) mass is 364 g/mol. The third-order valence-corrected chi connectivity index (χ3v) is 5.62. The van der Waals surface area contributed by atoms with Crippen molar-refractivity contribution < 1.29 is 9.90 Å². The number of pyridine rings is 1. The van der Waals surface area contributed by atoms with Gasteiger partial charge in [-0.2, -0.15) is 0 Å². The summed E-state index contributed by atoms with van der Waals surface area (Å²) < 4.78 is 2.91. The van der Waals surface area contributed by atoms with Gasteiger partial charge in [-0.3, -0.25) is 4.79 Å². The molecule has 3 heterocycles. The number of anilines is 1. The van der Waals surface area contributed by atoms with Crippen LogP contribution in [-0.4, -0.2) is 25.4 Å². The average Bonchev–Trinajstić information content (AvgIpc) is 3.26. The zero-order valence-electron chi connectivity index (χ0n) is 13.8. The Balaban J connectivity index is 1.56. The summed E-state index contributed by atoms with van der Waals surface area (Å²) in [5.41, 5.74) is 6.30. The molecule has 0 unspecified atom stereocenters. The van der Waals surface area contributed by atoms with Crippen LogP contribution in [0, 0.1) is 5.92 Å². The second-order valence-electron chi connectivity index (χ2n) is 6.52. The Morgan fingerprint density at radius 3 is 2.96 bits per heavy atom. The molecule has 0 radical (unpaired) electrons. The van der Waals surface area contributed by atoms with Crippen molar-refractivity contribution in [2.75, 3.05) is 5.32 Å². The molecule has 0 atom stereocenters. The molecule has 1 aliphatic carbocycles. The Morgan fingerprint density at radius 1 is 1.27 bits per heavy atom. The van der Waals surface area contributed by atoms with Gasteiger partial charge in [0.15, 0.2) is 5.82 Å². The van der Waals surface area contributed by atoms with E-state index in [1.807, 2.05) is 41.1 Å². The molecule has 2 N–H and O–H groups in total. The van der Waals surface area contributed by atoms with Gasteiger partial charge in [-0.25, -0.2) is 9.97 Å². The number of thiazole rings is 1. The Bertz CT molecular complexity index is 1140. The Hall–Kier alpha value is -2.77. The van der Waals surface area contributed by atoms with Crippen molar-refractivity contribution in [2.24, 2.45) is 5.92 Å². The molecule has 1 aliphatic rings. The van der Waals surface area contributed by atoms with E-state index in [1.165, 1.54) is 11.3 Å². The van der Waals surface area contributed by atoms with Gasteiger partial charge in [-0.15, -0.1) is 11.3 Å². The van der Waals surface area contributed by atoms with Gasteiger partial charge >= 0.3 is 0 Å². The molecule has 6 nitrogen and oxygen atoms in total. The first-order valence-electron chi connectivity index (χ1n) is 8.49. The van der Waals surface area contributed by atoms with Crippen LogP contribution in [0.3, 0.4) is 0 Å². The number of hydrogen-bond donors (Lipinski definition) is 2. The third-order valence-electron chi connectivity index (χ3n) is 4.72. The van der Waals surface area contributed by atoms with Crippen molar-refractivity contribution in [2.45, 2.75) is 19.4 Å². The van der Waals surface area contributed by atoms with E-state index in [9.17, 15) is 9.90 Å². The minimum atomic E-state index is -0.0421. The van der Waals surface area contributed by atoms with Gasteiger partial charge in [0.05, 0.1) is 28.5 Å². The van der Waals surface area contributed by atoms with Gasteiger partial charge in [0.1, 0.15) is 5.65 Å². The van der Waals surface area contributed by atoms with E-state index in [0.29, 0.717) is 5.82 Å². The van der Waals surface area contributed by atoms with Crippen LogP contribution in [0.25, 0.3) is 27.0 Å². The van der Waals surface area contributed by atoms with E-state index in [2.05, 4.69) is 15.3 Å². The van der Waals surface area contributed by atoms with Crippen molar-refractivity contribution in [3.8, 4) is 11.1 Å². The minimum absolute atomic E-state index is 0.0421. The normalized spacial score (nSPS) is 14.2. The van der Waals surface area contributed by atoms with Crippen LogP contribution in [0.15, 0.2) is 42.2 Å². The second-order valence-corrected chi connectivity index (χ2v) is 7.38. The van der Waals surface area contributed by atoms with Crippen LogP contribution in [0.5, 0.6) is 0 Å². The molecule has 0 spiro atoms. The lowest BCUT2D eigenvalue weighted by molar-refractivity contribution is -0.117. The molecule has 0 aliphatic heterocycles. The number of hydrogen-bond acceptors (Lipinski definition) is 5. The predicted molar refractivity (Wildman–Crippen MR) is 101 cm³/mol. The molecule has 7 heteroatoms. The Kier molecular flexibility index (Phi) is 3.51. The highest BCUT2D eigenvalue weighted by atomic mass is 32.1. The quantitative estimate of drug-likeness (QED) is 0.581. The highest BCUT2D eigenvalue weighted by molar-refractivity contribution is 7.17. The third kappa shape index (κ3) is 2.56. The zero-order chi connectivity index (χ0) is 17.7. The molecule has 26 heavy (non-hydrogen) atoms. The van der Waals surface area contributed by atoms with Crippen LogP contribution in [0.1, 0.15) is 18.4 Å². The Labute approximate surface area is 153 Å². The fourth-order valence-corrected chi connectivity index (χ4v) is 4.03. The van der Waals surface area contributed by atoms with Crippen molar-refractivity contribution in [1.29, 1.82) is 0 Å². The van der Waals surface area contributed by atoms with Crippen LogP contribution in [0.2, 0.25) is 0 Å². The maximum Gasteiger partial charge on any atom is 0.228 e. The number of carbonyl (C=O) groups excluding carboxylic acids is 1. The number of aliphatic hydroxyl groups is 1. The molecule has 1 amide bonds. The summed E-state index contributed by atoms with van der Waals surface area (Å²) in [4.78, 5) is 20.7. The van der Waals surface area contributed by atoms with Crippen molar-refractivity contribution in [3.05, 3.63) is 47.7 Å². The zero-order valence-corrected chi connectivity index (χ0v) is 14.7. The number of aromatic nitrogens is 3. The SMILES string of the molecule is O=C(Nc1cn2cc(-c3ccc4ncsc4c3CO)ccc2n1)C1CC1. The minimum Gasteiger partial charge on any atom is -0.392 e. The number of nitrogens with zero attached hydrogens (tertiary/aromatic N) is 3. The number of benzene rings is 1. The Morgan fingerprint density at radius 2 is 2.15 bits per heavy atom. The first-order valence-corrected chi connectivity index (χ1v) is 9.37. The topological polar surface area (TPSA) is 79.5 Å². The number of fused-ring (bicyclic) bond motifs is 2. The second kappa shape index (κ2) is 5.89. The van der Waals surface area contributed by atoms with Crippen LogP contribution in [0.4, 0.5) is 5.82 Å². The smallest absolute Gasteiger partial charge is 0.228 e. The first-order chi connectivity index (χ1) is 12.7. The number of aliphatic hydroxyl groups excluding tert-OH is 1. The maximum atomic E-state index is 11.9. The maximum absolute atomic E-state index is 11.9. The number of amides is 1. The van der Waals surface area contributed by atoms with Crippen molar-refractivity contribution >= 4 is 38.9 Å².